The third-order valence-electron chi connectivity index (χ3n) is 4.42. The number of carbonyl (C=O) groups is 1. The van der Waals surface area contributed by atoms with E-state index in [-0.39, 0.29) is 22.4 Å². The molecule has 7 heteroatoms. The van der Waals surface area contributed by atoms with Crippen LogP contribution in [-0.2, 0) is 10.0 Å². The molecule has 0 aliphatic heterocycles. The van der Waals surface area contributed by atoms with Crippen LogP contribution in [-0.4, -0.2) is 20.4 Å². The Morgan fingerprint density at radius 2 is 1.73 bits per heavy atom. The zero-order valence-corrected chi connectivity index (χ0v) is 15.8. The topological polar surface area (TPSA) is 75.3 Å². The van der Waals surface area contributed by atoms with Crippen molar-refractivity contribution in [1.82, 2.24) is 4.72 Å². The van der Waals surface area contributed by atoms with Gasteiger partial charge in [-0.05, 0) is 49.2 Å². The highest BCUT2D eigenvalue weighted by Gasteiger charge is 2.22. The lowest BCUT2D eigenvalue weighted by atomic mass is 9.96. The fraction of sp³-hybridized carbons (Fsp3) is 0.316. The average Bonchev–Trinajstić information content (AvgIpc) is 2.62. The van der Waals surface area contributed by atoms with Crippen LogP contribution in [0.5, 0.6) is 0 Å². The lowest BCUT2D eigenvalue weighted by molar-refractivity contribution is 0.102. The summed E-state index contributed by atoms with van der Waals surface area (Å²) in [6.45, 7) is 0. The Labute approximate surface area is 158 Å². The van der Waals surface area contributed by atoms with Gasteiger partial charge >= 0.3 is 0 Å². The van der Waals surface area contributed by atoms with Crippen molar-refractivity contribution < 1.29 is 13.2 Å². The van der Waals surface area contributed by atoms with E-state index in [0.29, 0.717) is 10.7 Å². The standard InChI is InChI=1S/C19H21ClN2O3S/c20-15-7-5-10-17(13-15)21-19(23)14-6-4-11-18(12-14)26(24,25)22-16-8-2-1-3-9-16/h4-7,10-13,16,22H,1-3,8-9H2,(H,21,23). The molecule has 3 rings (SSSR count). The Bertz CT molecular complexity index is 893. The molecular weight excluding hydrogens is 372 g/mol. The van der Waals surface area contributed by atoms with E-state index in [1.807, 2.05) is 0 Å². The van der Waals surface area contributed by atoms with E-state index < -0.39 is 10.0 Å². The minimum atomic E-state index is -3.65. The maximum atomic E-state index is 12.6. The predicted molar refractivity (Wildman–Crippen MR) is 103 cm³/mol. The van der Waals surface area contributed by atoms with E-state index in [0.717, 1.165) is 32.1 Å². The number of hydrogen-bond acceptors (Lipinski definition) is 3. The normalized spacial score (nSPS) is 15.6. The molecule has 0 heterocycles. The Kier molecular flexibility index (Phi) is 5.96. The number of carbonyl (C=O) groups excluding carboxylic acids is 1. The fourth-order valence-electron chi connectivity index (χ4n) is 3.08. The van der Waals surface area contributed by atoms with E-state index >= 15 is 0 Å². The summed E-state index contributed by atoms with van der Waals surface area (Å²) >= 11 is 5.91. The number of amides is 1. The van der Waals surface area contributed by atoms with Crippen molar-refractivity contribution in [1.29, 1.82) is 0 Å². The molecule has 1 fully saturated rings. The number of rotatable bonds is 5. The summed E-state index contributed by atoms with van der Waals surface area (Å²) in [4.78, 5) is 12.5. The van der Waals surface area contributed by atoms with Gasteiger partial charge in [-0.1, -0.05) is 43.0 Å². The summed E-state index contributed by atoms with van der Waals surface area (Å²) in [6, 6.07) is 12.8. The van der Waals surface area contributed by atoms with Gasteiger partial charge in [-0.25, -0.2) is 13.1 Å². The number of anilines is 1. The highest BCUT2D eigenvalue weighted by molar-refractivity contribution is 7.89. The maximum absolute atomic E-state index is 12.6. The van der Waals surface area contributed by atoms with Gasteiger partial charge in [0.25, 0.3) is 5.91 Å². The number of hydrogen-bond donors (Lipinski definition) is 2. The largest absolute Gasteiger partial charge is 0.322 e. The van der Waals surface area contributed by atoms with Crippen LogP contribution in [0, 0.1) is 0 Å². The van der Waals surface area contributed by atoms with Crippen molar-refractivity contribution in [3.05, 3.63) is 59.1 Å². The number of benzene rings is 2. The fourth-order valence-corrected chi connectivity index (χ4v) is 4.62. The molecule has 0 atom stereocenters. The molecule has 0 spiro atoms. The Balaban J connectivity index is 1.75. The van der Waals surface area contributed by atoms with E-state index in [9.17, 15) is 13.2 Å². The summed E-state index contributed by atoms with van der Waals surface area (Å²) in [5.41, 5.74) is 0.826. The monoisotopic (exact) mass is 392 g/mol. The van der Waals surface area contributed by atoms with Crippen LogP contribution < -0.4 is 10.0 Å². The number of halogens is 1. The Morgan fingerprint density at radius 1 is 1.00 bits per heavy atom. The number of sulfonamides is 1. The van der Waals surface area contributed by atoms with Gasteiger partial charge in [0.05, 0.1) is 4.90 Å². The van der Waals surface area contributed by atoms with E-state index in [1.54, 1.807) is 36.4 Å². The zero-order chi connectivity index (χ0) is 18.6. The second kappa shape index (κ2) is 8.20. The summed E-state index contributed by atoms with van der Waals surface area (Å²) in [5, 5.41) is 3.23. The second-order valence-corrected chi connectivity index (χ2v) is 8.60. The average molecular weight is 393 g/mol. The Morgan fingerprint density at radius 3 is 2.46 bits per heavy atom. The molecular formula is C19H21ClN2O3S. The molecule has 0 saturated heterocycles. The summed E-state index contributed by atoms with van der Waals surface area (Å²) in [5.74, 6) is -0.387. The van der Waals surface area contributed by atoms with Gasteiger partial charge in [-0.3, -0.25) is 4.79 Å². The molecule has 1 saturated carbocycles. The molecule has 26 heavy (non-hydrogen) atoms. The van der Waals surface area contributed by atoms with Gasteiger partial charge < -0.3 is 5.32 Å². The molecule has 1 amide bonds. The van der Waals surface area contributed by atoms with Crippen LogP contribution in [0.15, 0.2) is 53.4 Å². The molecule has 138 valence electrons. The molecule has 1 aliphatic rings. The lowest BCUT2D eigenvalue weighted by Crippen LogP contribution is -2.36. The lowest BCUT2D eigenvalue weighted by Gasteiger charge is -2.22. The van der Waals surface area contributed by atoms with Gasteiger partial charge in [0, 0.05) is 22.3 Å². The summed E-state index contributed by atoms with van der Waals surface area (Å²) < 4.78 is 28.0. The second-order valence-electron chi connectivity index (χ2n) is 6.45. The van der Waals surface area contributed by atoms with Gasteiger partial charge in [-0.2, -0.15) is 0 Å². The molecule has 2 aromatic rings. The SMILES string of the molecule is O=C(Nc1cccc(Cl)c1)c1cccc(S(=O)(=O)NC2CCCCC2)c1. The van der Waals surface area contributed by atoms with Crippen molar-refractivity contribution in [2.75, 3.05) is 5.32 Å². The highest BCUT2D eigenvalue weighted by atomic mass is 35.5. The highest BCUT2D eigenvalue weighted by Crippen LogP contribution is 2.21. The third-order valence-corrected chi connectivity index (χ3v) is 6.17. The first kappa shape index (κ1) is 18.9. The van der Waals surface area contributed by atoms with Crippen LogP contribution in [0.1, 0.15) is 42.5 Å². The van der Waals surface area contributed by atoms with Crippen molar-refractivity contribution in [2.24, 2.45) is 0 Å². The minimum absolute atomic E-state index is 0.0299. The van der Waals surface area contributed by atoms with Crippen LogP contribution in [0.3, 0.4) is 0 Å². The van der Waals surface area contributed by atoms with Gasteiger partial charge in [0.1, 0.15) is 0 Å². The number of nitrogens with one attached hydrogen (secondary N) is 2. The van der Waals surface area contributed by atoms with E-state index in [1.165, 1.54) is 12.1 Å². The van der Waals surface area contributed by atoms with Crippen molar-refractivity contribution >= 4 is 33.2 Å². The van der Waals surface area contributed by atoms with Crippen molar-refractivity contribution in [2.45, 2.75) is 43.0 Å². The van der Waals surface area contributed by atoms with Gasteiger partial charge in [-0.15, -0.1) is 0 Å². The third kappa shape index (κ3) is 4.84. The maximum Gasteiger partial charge on any atom is 0.255 e. The summed E-state index contributed by atoms with van der Waals surface area (Å²) in [6.07, 6.45) is 4.93. The molecule has 5 nitrogen and oxygen atoms in total. The minimum Gasteiger partial charge on any atom is -0.322 e. The molecule has 0 aromatic heterocycles. The van der Waals surface area contributed by atoms with E-state index in [2.05, 4.69) is 10.0 Å². The Hall–Kier alpha value is -1.89. The van der Waals surface area contributed by atoms with Crippen LogP contribution in [0.4, 0.5) is 5.69 Å². The molecule has 1 aliphatic carbocycles. The van der Waals surface area contributed by atoms with E-state index in [4.69, 9.17) is 11.6 Å². The first-order valence-electron chi connectivity index (χ1n) is 8.63. The van der Waals surface area contributed by atoms with Crippen molar-refractivity contribution in [3.63, 3.8) is 0 Å². The molecule has 0 unspecified atom stereocenters. The van der Waals surface area contributed by atoms with Crippen molar-refractivity contribution in [3.8, 4) is 0 Å². The van der Waals surface area contributed by atoms with Crippen LogP contribution in [0.2, 0.25) is 5.02 Å². The van der Waals surface area contributed by atoms with Gasteiger partial charge in [0.15, 0.2) is 0 Å². The molecule has 2 aromatic carbocycles. The quantitative estimate of drug-likeness (QED) is 0.800. The summed E-state index contributed by atoms with van der Waals surface area (Å²) in [7, 11) is -3.65. The first-order chi connectivity index (χ1) is 12.4. The zero-order valence-electron chi connectivity index (χ0n) is 14.2. The molecule has 2 N–H and O–H groups in total. The van der Waals surface area contributed by atoms with Crippen LogP contribution >= 0.6 is 11.6 Å². The predicted octanol–water partition coefficient (Wildman–Crippen LogP) is 4.20. The van der Waals surface area contributed by atoms with Crippen LogP contribution in [0.25, 0.3) is 0 Å². The smallest absolute Gasteiger partial charge is 0.255 e. The molecule has 0 radical (unpaired) electrons. The first-order valence-corrected chi connectivity index (χ1v) is 10.5. The van der Waals surface area contributed by atoms with Gasteiger partial charge in [0.2, 0.25) is 10.0 Å². The molecule has 0 bridgehead atoms.